The Morgan fingerprint density at radius 2 is 2.26 bits per heavy atom. The molecule has 1 aromatic carbocycles. The van der Waals surface area contributed by atoms with Crippen LogP contribution in [0.25, 0.3) is 22.2 Å². The van der Waals surface area contributed by atoms with Crippen molar-refractivity contribution in [2.75, 3.05) is 0 Å². The molecule has 0 aliphatic heterocycles. The lowest BCUT2D eigenvalue weighted by atomic mass is 10.1. The average Bonchev–Trinajstić information content (AvgIpc) is 2.78. The molecule has 1 radical (unpaired) electrons. The van der Waals surface area contributed by atoms with Crippen LogP contribution in [0.4, 0.5) is 4.79 Å². The molecule has 2 aromatic heterocycles. The minimum Gasteiger partial charge on any atom is -0.350 e. The molecule has 5 nitrogen and oxygen atoms in total. The highest BCUT2D eigenvalue weighted by Crippen LogP contribution is 2.27. The average molecular weight is 251 g/mol. The molecule has 19 heavy (non-hydrogen) atoms. The Labute approximate surface area is 109 Å². The monoisotopic (exact) mass is 251 g/mol. The van der Waals surface area contributed by atoms with Crippen molar-refractivity contribution in [2.45, 2.75) is 6.92 Å². The number of amides is 1. The first-order chi connectivity index (χ1) is 9.16. The van der Waals surface area contributed by atoms with E-state index in [0.717, 1.165) is 16.6 Å². The SMILES string of the molecule is Cc1cc(-c2nn(C(N)=O)c3cc[c]cc23)ccn1. The molecule has 93 valence electrons. The number of rotatable bonds is 1. The number of fused-ring (bicyclic) bond motifs is 1. The third kappa shape index (κ3) is 1.85. The van der Waals surface area contributed by atoms with Gasteiger partial charge < -0.3 is 5.73 Å². The number of hydrogen-bond donors (Lipinski definition) is 1. The highest BCUT2D eigenvalue weighted by atomic mass is 16.2. The zero-order valence-electron chi connectivity index (χ0n) is 10.3. The minimum atomic E-state index is -0.603. The summed E-state index contributed by atoms with van der Waals surface area (Å²) in [5.74, 6) is 0. The summed E-state index contributed by atoms with van der Waals surface area (Å²) in [4.78, 5) is 15.6. The summed E-state index contributed by atoms with van der Waals surface area (Å²) >= 11 is 0. The quantitative estimate of drug-likeness (QED) is 0.720. The smallest absolute Gasteiger partial charge is 0.340 e. The van der Waals surface area contributed by atoms with Crippen LogP contribution in [-0.2, 0) is 0 Å². The van der Waals surface area contributed by atoms with E-state index in [0.29, 0.717) is 11.2 Å². The lowest BCUT2D eigenvalue weighted by Crippen LogP contribution is -2.20. The fraction of sp³-hybridized carbons (Fsp3) is 0.0714. The Morgan fingerprint density at radius 3 is 3.00 bits per heavy atom. The first-order valence-electron chi connectivity index (χ1n) is 5.78. The van der Waals surface area contributed by atoms with Crippen LogP contribution in [0.1, 0.15) is 5.69 Å². The molecule has 0 aliphatic rings. The molecule has 2 N–H and O–H groups in total. The second-order valence-corrected chi connectivity index (χ2v) is 4.23. The van der Waals surface area contributed by atoms with E-state index in [1.807, 2.05) is 19.1 Å². The van der Waals surface area contributed by atoms with Crippen LogP contribution >= 0.6 is 0 Å². The number of pyridine rings is 1. The van der Waals surface area contributed by atoms with E-state index in [2.05, 4.69) is 16.1 Å². The van der Waals surface area contributed by atoms with Gasteiger partial charge in [0.2, 0.25) is 0 Å². The molecule has 5 heteroatoms. The minimum absolute atomic E-state index is 0.603. The van der Waals surface area contributed by atoms with Crippen LogP contribution in [0.3, 0.4) is 0 Å². The van der Waals surface area contributed by atoms with E-state index in [1.54, 1.807) is 24.4 Å². The number of aryl methyl sites for hydroxylation is 1. The van der Waals surface area contributed by atoms with Crippen LogP contribution in [0.2, 0.25) is 0 Å². The molecule has 3 rings (SSSR count). The lowest BCUT2D eigenvalue weighted by molar-refractivity contribution is 0.248. The number of carbonyl (C=O) groups is 1. The van der Waals surface area contributed by atoms with Gasteiger partial charge in [0.15, 0.2) is 0 Å². The highest BCUT2D eigenvalue weighted by Gasteiger charge is 2.14. The maximum absolute atomic E-state index is 11.4. The Bertz CT molecular complexity index is 776. The number of benzene rings is 1. The number of nitrogens with two attached hydrogens (primary N) is 1. The van der Waals surface area contributed by atoms with Crippen molar-refractivity contribution < 1.29 is 4.79 Å². The molecule has 0 fully saturated rings. The van der Waals surface area contributed by atoms with Crippen LogP contribution in [0.15, 0.2) is 36.5 Å². The predicted molar refractivity (Wildman–Crippen MR) is 71.5 cm³/mol. The Balaban J connectivity index is 2.33. The summed E-state index contributed by atoms with van der Waals surface area (Å²) in [6.45, 7) is 1.91. The molecule has 1 amide bonds. The Kier molecular flexibility index (Phi) is 2.52. The highest BCUT2D eigenvalue weighted by molar-refractivity contribution is 5.98. The third-order valence-electron chi connectivity index (χ3n) is 2.90. The van der Waals surface area contributed by atoms with E-state index < -0.39 is 6.03 Å². The van der Waals surface area contributed by atoms with Crippen molar-refractivity contribution in [3.63, 3.8) is 0 Å². The molecular weight excluding hydrogens is 240 g/mol. The fourth-order valence-electron chi connectivity index (χ4n) is 2.08. The van der Waals surface area contributed by atoms with E-state index in [-0.39, 0.29) is 0 Å². The first kappa shape index (κ1) is 11.4. The summed E-state index contributed by atoms with van der Waals surface area (Å²) in [7, 11) is 0. The Hall–Kier alpha value is -2.69. The van der Waals surface area contributed by atoms with Gasteiger partial charge in [-0.05, 0) is 37.3 Å². The maximum Gasteiger partial charge on any atom is 0.340 e. The van der Waals surface area contributed by atoms with Gasteiger partial charge in [0, 0.05) is 22.8 Å². The summed E-state index contributed by atoms with van der Waals surface area (Å²) in [6, 6.07) is 11.5. The van der Waals surface area contributed by atoms with Gasteiger partial charge in [-0.15, -0.1) is 0 Å². The number of aromatic nitrogens is 3. The molecule has 3 aromatic rings. The molecule has 0 saturated heterocycles. The van der Waals surface area contributed by atoms with Gasteiger partial charge in [0.25, 0.3) is 0 Å². The molecule has 0 atom stereocenters. The molecular formula is C14H11N4O. The van der Waals surface area contributed by atoms with Crippen molar-refractivity contribution in [1.29, 1.82) is 0 Å². The van der Waals surface area contributed by atoms with E-state index >= 15 is 0 Å². The van der Waals surface area contributed by atoms with Crippen molar-refractivity contribution in [3.8, 4) is 11.3 Å². The second-order valence-electron chi connectivity index (χ2n) is 4.23. The summed E-state index contributed by atoms with van der Waals surface area (Å²) < 4.78 is 1.20. The fourth-order valence-corrected chi connectivity index (χ4v) is 2.08. The summed E-state index contributed by atoms with van der Waals surface area (Å²) in [6.07, 6.45) is 1.71. The topological polar surface area (TPSA) is 73.8 Å². The van der Waals surface area contributed by atoms with Gasteiger partial charge in [-0.1, -0.05) is 6.07 Å². The third-order valence-corrected chi connectivity index (χ3v) is 2.90. The van der Waals surface area contributed by atoms with Crippen molar-refractivity contribution in [2.24, 2.45) is 5.73 Å². The molecule has 0 unspecified atom stereocenters. The molecule has 2 heterocycles. The van der Waals surface area contributed by atoms with Crippen LogP contribution in [0, 0.1) is 13.0 Å². The molecule has 0 aliphatic carbocycles. The number of primary amides is 1. The van der Waals surface area contributed by atoms with Gasteiger partial charge >= 0.3 is 6.03 Å². The zero-order valence-corrected chi connectivity index (χ0v) is 10.3. The molecule has 0 bridgehead atoms. The summed E-state index contributed by atoms with van der Waals surface area (Å²) in [5, 5.41) is 5.13. The van der Waals surface area contributed by atoms with Gasteiger partial charge in [-0.3, -0.25) is 4.98 Å². The largest absolute Gasteiger partial charge is 0.350 e. The standard InChI is InChI=1S/C14H11N4O/c1-9-8-10(6-7-16-9)13-11-4-2-3-5-12(11)18(17-13)14(15)19/h3-8H,1H3,(H2,15,19). The van der Waals surface area contributed by atoms with Gasteiger partial charge in [0.1, 0.15) is 5.69 Å². The van der Waals surface area contributed by atoms with Gasteiger partial charge in [-0.25, -0.2) is 4.79 Å². The zero-order chi connectivity index (χ0) is 13.4. The molecule has 0 saturated carbocycles. The van der Waals surface area contributed by atoms with Gasteiger partial charge in [0.05, 0.1) is 5.52 Å². The van der Waals surface area contributed by atoms with Crippen LogP contribution < -0.4 is 5.73 Å². The van der Waals surface area contributed by atoms with Crippen molar-refractivity contribution in [1.82, 2.24) is 14.8 Å². The maximum atomic E-state index is 11.4. The number of carbonyl (C=O) groups excluding carboxylic acids is 1. The number of hydrogen-bond acceptors (Lipinski definition) is 3. The van der Waals surface area contributed by atoms with Crippen LogP contribution in [0.5, 0.6) is 0 Å². The molecule has 0 spiro atoms. The Morgan fingerprint density at radius 1 is 1.42 bits per heavy atom. The summed E-state index contributed by atoms with van der Waals surface area (Å²) in [5.41, 5.74) is 8.51. The van der Waals surface area contributed by atoms with E-state index in [1.165, 1.54) is 4.68 Å². The first-order valence-corrected chi connectivity index (χ1v) is 5.78. The van der Waals surface area contributed by atoms with Gasteiger partial charge in [-0.2, -0.15) is 9.78 Å². The van der Waals surface area contributed by atoms with Crippen LogP contribution in [-0.4, -0.2) is 20.8 Å². The van der Waals surface area contributed by atoms with Crippen molar-refractivity contribution >= 4 is 16.9 Å². The van der Waals surface area contributed by atoms with Crippen molar-refractivity contribution in [3.05, 3.63) is 48.3 Å². The normalized spacial score (nSPS) is 10.8. The van der Waals surface area contributed by atoms with E-state index in [4.69, 9.17) is 5.73 Å². The second kappa shape index (κ2) is 4.20. The van der Waals surface area contributed by atoms with E-state index in [9.17, 15) is 4.79 Å². The predicted octanol–water partition coefficient (Wildman–Crippen LogP) is 2.13. The number of nitrogens with zero attached hydrogens (tertiary/aromatic N) is 3. The lowest BCUT2D eigenvalue weighted by Gasteiger charge is -1.98.